The van der Waals surface area contributed by atoms with Gasteiger partial charge in [0, 0.05) is 0 Å². The third-order valence-corrected chi connectivity index (χ3v) is 2.21. The Morgan fingerprint density at radius 3 is 1.80 bits per heavy atom. The maximum atomic E-state index is 9.89. The molecule has 0 unspecified atom stereocenters. The highest BCUT2D eigenvalue weighted by Gasteiger charge is 2.07. The summed E-state index contributed by atoms with van der Waals surface area (Å²) in [6.07, 6.45) is 1.10. The molecular formula is C8H14BNO4S. The smallest absolute Gasteiger partial charge is 0.423 e. The van der Waals surface area contributed by atoms with E-state index in [1.54, 1.807) is 24.3 Å². The predicted molar refractivity (Wildman–Crippen MR) is 60.2 cm³/mol. The van der Waals surface area contributed by atoms with E-state index in [1.165, 1.54) is 7.05 Å². The summed E-state index contributed by atoms with van der Waals surface area (Å²) in [4.78, 5) is 0. The maximum Gasteiger partial charge on any atom is 0.488 e. The molecule has 0 radical (unpaired) electrons. The van der Waals surface area contributed by atoms with Crippen LogP contribution in [0.5, 0.6) is 0 Å². The zero-order chi connectivity index (χ0) is 11.9. The minimum absolute atomic E-state index is 0.525. The van der Waals surface area contributed by atoms with E-state index in [0.29, 0.717) is 5.46 Å². The van der Waals surface area contributed by atoms with E-state index >= 15 is 0 Å². The molecule has 5 nitrogen and oxygen atoms in total. The first-order valence-electron chi connectivity index (χ1n) is 4.16. The van der Waals surface area contributed by atoms with Crippen molar-refractivity contribution in [3.05, 3.63) is 30.3 Å². The van der Waals surface area contributed by atoms with Crippen molar-refractivity contribution in [3.8, 4) is 0 Å². The highest BCUT2D eigenvalue weighted by Crippen LogP contribution is 1.82. The van der Waals surface area contributed by atoms with Crippen molar-refractivity contribution in [1.82, 2.24) is 4.72 Å². The Kier molecular flexibility index (Phi) is 6.18. The number of rotatable bonds is 2. The van der Waals surface area contributed by atoms with Crippen molar-refractivity contribution in [2.75, 3.05) is 13.3 Å². The summed E-state index contributed by atoms with van der Waals surface area (Å²) in [7, 11) is -2.88. The van der Waals surface area contributed by atoms with Gasteiger partial charge in [-0.2, -0.15) is 0 Å². The third kappa shape index (κ3) is 8.13. The number of hydrogen-bond donors (Lipinski definition) is 3. The van der Waals surface area contributed by atoms with Crippen LogP contribution in [-0.2, 0) is 10.0 Å². The topological polar surface area (TPSA) is 86.6 Å². The molecule has 0 amide bonds. The van der Waals surface area contributed by atoms with Crippen molar-refractivity contribution in [3.63, 3.8) is 0 Å². The summed E-state index contributed by atoms with van der Waals surface area (Å²) < 4.78 is 21.9. The molecule has 1 rings (SSSR count). The van der Waals surface area contributed by atoms with E-state index in [-0.39, 0.29) is 0 Å². The lowest BCUT2D eigenvalue weighted by atomic mass is 9.81. The highest BCUT2D eigenvalue weighted by molar-refractivity contribution is 7.88. The van der Waals surface area contributed by atoms with Gasteiger partial charge < -0.3 is 10.0 Å². The van der Waals surface area contributed by atoms with Crippen molar-refractivity contribution >= 4 is 22.6 Å². The quantitative estimate of drug-likeness (QED) is 0.542. The van der Waals surface area contributed by atoms with E-state index in [4.69, 9.17) is 10.0 Å². The molecule has 0 aliphatic rings. The third-order valence-electron chi connectivity index (χ3n) is 1.47. The second kappa shape index (κ2) is 6.57. The molecule has 0 atom stereocenters. The molecule has 0 aliphatic carbocycles. The lowest BCUT2D eigenvalue weighted by Gasteiger charge is -1.94. The van der Waals surface area contributed by atoms with Gasteiger partial charge in [0.2, 0.25) is 10.0 Å². The SMILES string of the molecule is CNS(C)(=O)=O.OB(O)c1ccccc1. The summed E-state index contributed by atoms with van der Waals surface area (Å²) in [6, 6.07) is 8.66. The van der Waals surface area contributed by atoms with Gasteiger partial charge in [0.05, 0.1) is 6.26 Å². The molecule has 15 heavy (non-hydrogen) atoms. The van der Waals surface area contributed by atoms with Gasteiger partial charge in [-0.15, -0.1) is 0 Å². The highest BCUT2D eigenvalue weighted by atomic mass is 32.2. The molecule has 0 heterocycles. The molecular weight excluding hydrogens is 217 g/mol. The normalized spacial score (nSPS) is 10.1. The van der Waals surface area contributed by atoms with Crippen LogP contribution >= 0.6 is 0 Å². The van der Waals surface area contributed by atoms with Crippen LogP contribution in [-0.4, -0.2) is 38.9 Å². The number of hydrogen-bond acceptors (Lipinski definition) is 4. The summed E-state index contributed by atoms with van der Waals surface area (Å²) >= 11 is 0. The van der Waals surface area contributed by atoms with Gasteiger partial charge >= 0.3 is 7.12 Å². The average Bonchev–Trinajstić information content (AvgIpc) is 2.19. The molecule has 0 saturated heterocycles. The lowest BCUT2D eigenvalue weighted by molar-refractivity contribution is 0.426. The fourth-order valence-corrected chi connectivity index (χ4v) is 0.625. The first kappa shape index (κ1) is 14.1. The second-order valence-corrected chi connectivity index (χ2v) is 4.71. The molecule has 0 aromatic heterocycles. The van der Waals surface area contributed by atoms with Gasteiger partial charge in [-0.1, -0.05) is 30.3 Å². The van der Waals surface area contributed by atoms with Crippen LogP contribution < -0.4 is 10.2 Å². The second-order valence-electron chi connectivity index (χ2n) is 2.76. The van der Waals surface area contributed by atoms with Crippen LogP contribution in [0.3, 0.4) is 0 Å². The molecule has 0 bridgehead atoms. The standard InChI is InChI=1S/C6H7BO2.C2H7NO2S/c8-7(9)6-4-2-1-3-5-6;1-3-6(2,4)5/h1-5,8-9H;3H,1-2H3. The first-order valence-corrected chi connectivity index (χ1v) is 6.05. The van der Waals surface area contributed by atoms with Crippen LogP contribution in [0.4, 0.5) is 0 Å². The summed E-state index contributed by atoms with van der Waals surface area (Å²) in [5, 5.41) is 17.2. The van der Waals surface area contributed by atoms with Gasteiger partial charge in [0.1, 0.15) is 0 Å². The summed E-state index contributed by atoms with van der Waals surface area (Å²) in [5.41, 5.74) is 0.525. The van der Waals surface area contributed by atoms with Gasteiger partial charge in [0.15, 0.2) is 0 Å². The molecule has 0 spiro atoms. The van der Waals surface area contributed by atoms with Gasteiger partial charge in [0.25, 0.3) is 0 Å². The van der Waals surface area contributed by atoms with Crippen molar-refractivity contribution in [1.29, 1.82) is 0 Å². The van der Waals surface area contributed by atoms with E-state index in [9.17, 15) is 8.42 Å². The Labute approximate surface area is 90.0 Å². The number of sulfonamides is 1. The molecule has 0 fully saturated rings. The Morgan fingerprint density at radius 2 is 1.60 bits per heavy atom. The Hall–Kier alpha value is -0.885. The van der Waals surface area contributed by atoms with Crippen LogP contribution in [0, 0.1) is 0 Å². The van der Waals surface area contributed by atoms with Crippen molar-refractivity contribution in [2.45, 2.75) is 0 Å². The largest absolute Gasteiger partial charge is 0.488 e. The van der Waals surface area contributed by atoms with Gasteiger partial charge in [-0.25, -0.2) is 13.1 Å². The van der Waals surface area contributed by atoms with E-state index in [0.717, 1.165) is 6.26 Å². The predicted octanol–water partition coefficient (Wildman–Crippen LogP) is -1.47. The summed E-state index contributed by atoms with van der Waals surface area (Å²) in [5.74, 6) is 0. The minimum Gasteiger partial charge on any atom is -0.423 e. The molecule has 0 aliphatic heterocycles. The van der Waals surface area contributed by atoms with Crippen molar-refractivity contribution in [2.24, 2.45) is 0 Å². The van der Waals surface area contributed by atoms with Gasteiger partial charge in [-0.05, 0) is 12.5 Å². The molecule has 0 saturated carbocycles. The maximum absolute atomic E-state index is 9.89. The van der Waals surface area contributed by atoms with Gasteiger partial charge in [-0.3, -0.25) is 0 Å². The van der Waals surface area contributed by atoms with E-state index in [2.05, 4.69) is 4.72 Å². The Bertz CT molecular complexity index is 365. The van der Waals surface area contributed by atoms with Crippen molar-refractivity contribution < 1.29 is 18.5 Å². The minimum atomic E-state index is -2.91. The average molecular weight is 231 g/mol. The fourth-order valence-electron chi connectivity index (χ4n) is 0.625. The fraction of sp³-hybridized carbons (Fsp3) is 0.250. The molecule has 7 heteroatoms. The van der Waals surface area contributed by atoms with Crippen LogP contribution in [0.15, 0.2) is 30.3 Å². The van der Waals surface area contributed by atoms with Crippen LogP contribution in [0.25, 0.3) is 0 Å². The number of benzene rings is 1. The van der Waals surface area contributed by atoms with Crippen LogP contribution in [0.2, 0.25) is 0 Å². The van der Waals surface area contributed by atoms with E-state index in [1.807, 2.05) is 6.07 Å². The lowest BCUT2D eigenvalue weighted by Crippen LogP contribution is -2.29. The first-order chi connectivity index (χ1) is 6.87. The monoisotopic (exact) mass is 231 g/mol. The molecule has 1 aromatic rings. The molecule has 84 valence electrons. The summed E-state index contributed by atoms with van der Waals surface area (Å²) in [6.45, 7) is 0. The number of nitrogens with one attached hydrogen (secondary N) is 1. The Morgan fingerprint density at radius 1 is 1.20 bits per heavy atom. The molecule has 3 N–H and O–H groups in total. The molecule has 1 aromatic carbocycles. The zero-order valence-electron chi connectivity index (χ0n) is 8.58. The van der Waals surface area contributed by atoms with E-state index < -0.39 is 17.1 Å². The Balaban J connectivity index is 0.000000288. The van der Waals surface area contributed by atoms with Crippen LogP contribution in [0.1, 0.15) is 0 Å². The zero-order valence-corrected chi connectivity index (χ0v) is 9.40.